The molecular formula is C9H16O2S2. The minimum atomic E-state index is -0.358. The molecule has 2 aliphatic heterocycles. The van der Waals surface area contributed by atoms with E-state index in [1.54, 1.807) is 0 Å². The van der Waals surface area contributed by atoms with Gasteiger partial charge < -0.3 is 9.47 Å². The summed E-state index contributed by atoms with van der Waals surface area (Å²) in [6.07, 6.45) is 1.63. The molecule has 2 aliphatic rings. The highest BCUT2D eigenvalue weighted by molar-refractivity contribution is 8.17. The van der Waals surface area contributed by atoms with Crippen LogP contribution < -0.4 is 0 Å². The van der Waals surface area contributed by atoms with Gasteiger partial charge >= 0.3 is 0 Å². The molecule has 4 heteroatoms. The molecule has 0 aliphatic carbocycles. The molecule has 1 unspecified atom stereocenters. The van der Waals surface area contributed by atoms with E-state index in [1.165, 1.54) is 17.9 Å². The summed E-state index contributed by atoms with van der Waals surface area (Å²) in [6.45, 7) is 4.74. The lowest BCUT2D eigenvalue weighted by molar-refractivity contribution is -0.136. The summed E-state index contributed by atoms with van der Waals surface area (Å²) >= 11 is 4.04. The lowest BCUT2D eigenvalue weighted by Crippen LogP contribution is -2.28. The minimum Gasteiger partial charge on any atom is -0.348 e. The Labute approximate surface area is 88.1 Å². The molecule has 0 radical (unpaired) electrons. The molecule has 0 bridgehead atoms. The first-order chi connectivity index (χ1) is 6.17. The second-order valence-corrected chi connectivity index (χ2v) is 6.63. The molecule has 0 saturated carbocycles. The average Bonchev–Trinajstić information content (AvgIpc) is 2.48. The zero-order valence-corrected chi connectivity index (χ0v) is 9.75. The minimum absolute atomic E-state index is 0.297. The second kappa shape index (κ2) is 4.01. The van der Waals surface area contributed by atoms with E-state index in [9.17, 15) is 0 Å². The van der Waals surface area contributed by atoms with Crippen LogP contribution in [-0.2, 0) is 9.47 Å². The second-order valence-electron chi connectivity index (χ2n) is 3.83. The van der Waals surface area contributed by atoms with Crippen LogP contribution in [0.25, 0.3) is 0 Å². The number of thioether (sulfide) groups is 2. The molecule has 0 amide bonds. The highest BCUT2D eigenvalue weighted by Gasteiger charge is 2.38. The molecule has 2 saturated heterocycles. The van der Waals surface area contributed by atoms with E-state index in [-0.39, 0.29) is 5.79 Å². The normalized spacial score (nSPS) is 35.1. The molecule has 0 spiro atoms. The molecule has 2 rings (SSSR count). The van der Waals surface area contributed by atoms with Gasteiger partial charge in [0.25, 0.3) is 0 Å². The summed E-state index contributed by atoms with van der Waals surface area (Å²) in [4.78, 5) is 0. The van der Waals surface area contributed by atoms with Crippen LogP contribution in [0.3, 0.4) is 0 Å². The molecule has 13 heavy (non-hydrogen) atoms. The van der Waals surface area contributed by atoms with Gasteiger partial charge in [0.15, 0.2) is 5.79 Å². The summed E-state index contributed by atoms with van der Waals surface area (Å²) in [5.74, 6) is 2.19. The van der Waals surface area contributed by atoms with Crippen molar-refractivity contribution in [2.24, 2.45) is 0 Å². The van der Waals surface area contributed by atoms with Crippen molar-refractivity contribution in [2.75, 3.05) is 18.1 Å². The molecule has 0 aromatic heterocycles. The summed E-state index contributed by atoms with van der Waals surface area (Å²) in [5.41, 5.74) is 0. The van der Waals surface area contributed by atoms with Crippen molar-refractivity contribution in [3.63, 3.8) is 0 Å². The third-order valence-electron chi connectivity index (χ3n) is 2.19. The predicted molar refractivity (Wildman–Crippen MR) is 58.2 cm³/mol. The third-order valence-corrected chi connectivity index (χ3v) is 5.32. The maximum Gasteiger partial charge on any atom is 0.163 e. The van der Waals surface area contributed by atoms with E-state index in [2.05, 4.69) is 0 Å². The Bertz CT molecular complexity index is 178. The van der Waals surface area contributed by atoms with Crippen LogP contribution in [0.15, 0.2) is 0 Å². The Morgan fingerprint density at radius 1 is 1.23 bits per heavy atom. The molecule has 76 valence electrons. The first-order valence-corrected chi connectivity index (χ1v) is 6.82. The van der Waals surface area contributed by atoms with Crippen LogP contribution in [0.5, 0.6) is 0 Å². The first-order valence-electron chi connectivity index (χ1n) is 4.72. The first kappa shape index (κ1) is 10.1. The van der Waals surface area contributed by atoms with Gasteiger partial charge in [0.1, 0.15) is 6.10 Å². The van der Waals surface area contributed by atoms with Crippen molar-refractivity contribution in [1.82, 2.24) is 0 Å². The summed E-state index contributed by atoms with van der Waals surface area (Å²) in [5, 5.41) is 0. The van der Waals surface area contributed by atoms with E-state index in [0.717, 1.165) is 6.61 Å². The molecule has 2 heterocycles. The summed E-state index contributed by atoms with van der Waals surface area (Å²) in [6, 6.07) is 0. The highest BCUT2D eigenvalue weighted by atomic mass is 32.2. The smallest absolute Gasteiger partial charge is 0.163 e. The Balaban J connectivity index is 1.87. The fourth-order valence-corrected chi connectivity index (χ4v) is 4.50. The van der Waals surface area contributed by atoms with Crippen molar-refractivity contribution >= 4 is 23.5 Å². The third kappa shape index (κ3) is 2.55. The van der Waals surface area contributed by atoms with E-state index < -0.39 is 0 Å². The van der Waals surface area contributed by atoms with Crippen LogP contribution in [0.2, 0.25) is 0 Å². The van der Waals surface area contributed by atoms with Crippen molar-refractivity contribution in [3.8, 4) is 0 Å². The maximum atomic E-state index is 5.82. The fourth-order valence-electron chi connectivity index (χ4n) is 1.57. The SMILES string of the molecule is CC1(C)OCC(C2SCCCS2)O1. The number of hydrogen-bond acceptors (Lipinski definition) is 4. The zero-order chi connectivity index (χ0) is 9.31. The topological polar surface area (TPSA) is 18.5 Å². The van der Waals surface area contributed by atoms with Gasteiger partial charge in [-0.2, -0.15) is 0 Å². The molecule has 0 aromatic carbocycles. The Kier molecular flexibility index (Phi) is 3.13. The van der Waals surface area contributed by atoms with Gasteiger partial charge in [0.2, 0.25) is 0 Å². The Hall–Kier alpha value is 0.620. The van der Waals surface area contributed by atoms with Crippen molar-refractivity contribution in [1.29, 1.82) is 0 Å². The van der Waals surface area contributed by atoms with Crippen LogP contribution in [-0.4, -0.2) is 34.6 Å². The number of rotatable bonds is 1. The van der Waals surface area contributed by atoms with Crippen molar-refractivity contribution in [3.05, 3.63) is 0 Å². The van der Waals surface area contributed by atoms with Crippen LogP contribution in [0.1, 0.15) is 20.3 Å². The van der Waals surface area contributed by atoms with Gasteiger partial charge in [0, 0.05) is 0 Å². The van der Waals surface area contributed by atoms with Gasteiger partial charge in [-0.05, 0) is 31.8 Å². The average molecular weight is 220 g/mol. The monoisotopic (exact) mass is 220 g/mol. The zero-order valence-electron chi connectivity index (χ0n) is 8.12. The van der Waals surface area contributed by atoms with Crippen molar-refractivity contribution < 1.29 is 9.47 Å². The summed E-state index contributed by atoms with van der Waals surface area (Å²) < 4.78 is 12.0. The number of hydrogen-bond donors (Lipinski definition) is 0. The quantitative estimate of drug-likeness (QED) is 0.675. The Morgan fingerprint density at radius 3 is 2.46 bits per heavy atom. The van der Waals surface area contributed by atoms with Gasteiger partial charge in [-0.25, -0.2) is 0 Å². The molecule has 1 atom stereocenters. The van der Waals surface area contributed by atoms with Crippen molar-refractivity contribution in [2.45, 2.75) is 36.7 Å². The van der Waals surface area contributed by atoms with Crippen LogP contribution in [0, 0.1) is 0 Å². The molecule has 2 nitrogen and oxygen atoms in total. The van der Waals surface area contributed by atoms with E-state index in [4.69, 9.17) is 9.47 Å². The fraction of sp³-hybridized carbons (Fsp3) is 1.00. The molecular weight excluding hydrogens is 204 g/mol. The van der Waals surface area contributed by atoms with E-state index >= 15 is 0 Å². The van der Waals surface area contributed by atoms with Crippen LogP contribution in [0.4, 0.5) is 0 Å². The predicted octanol–water partition coefficient (Wildman–Crippen LogP) is 2.33. The lowest BCUT2D eigenvalue weighted by atomic mass is 10.4. The summed E-state index contributed by atoms with van der Waals surface area (Å²) in [7, 11) is 0. The Morgan fingerprint density at radius 2 is 1.92 bits per heavy atom. The molecule has 2 fully saturated rings. The maximum absolute atomic E-state index is 5.82. The van der Waals surface area contributed by atoms with E-state index in [1.807, 2.05) is 37.4 Å². The lowest BCUT2D eigenvalue weighted by Gasteiger charge is -2.26. The standard InChI is InChI=1S/C9H16O2S2/c1-9(2)10-6-7(11-9)8-12-4-3-5-13-8/h7-8H,3-6H2,1-2H3. The molecule has 0 N–H and O–H groups in total. The van der Waals surface area contributed by atoms with Gasteiger partial charge in [-0.1, -0.05) is 0 Å². The number of ether oxygens (including phenoxy) is 2. The van der Waals surface area contributed by atoms with E-state index in [0.29, 0.717) is 10.7 Å². The van der Waals surface area contributed by atoms with Gasteiger partial charge in [-0.15, -0.1) is 23.5 Å². The largest absolute Gasteiger partial charge is 0.348 e. The van der Waals surface area contributed by atoms with Gasteiger partial charge in [-0.3, -0.25) is 0 Å². The van der Waals surface area contributed by atoms with Crippen LogP contribution >= 0.6 is 23.5 Å². The van der Waals surface area contributed by atoms with Gasteiger partial charge in [0.05, 0.1) is 11.2 Å². The highest BCUT2D eigenvalue weighted by Crippen LogP contribution is 2.38. The molecule has 0 aromatic rings.